The highest BCUT2D eigenvalue weighted by atomic mass is 31.2. The van der Waals surface area contributed by atoms with Crippen LogP contribution in [0.4, 0.5) is 17.6 Å². The average molecular weight is 1240 g/mol. The van der Waals surface area contributed by atoms with Crippen LogP contribution < -0.4 is 10.1 Å². The molecule has 1 saturated heterocycles. The Bertz CT molecular complexity index is 2550. The first-order valence-electron chi connectivity index (χ1n) is 30.1. The van der Waals surface area contributed by atoms with Gasteiger partial charge in [-0.3, -0.25) is 52.9 Å². The standard InChI is InChI=1S/C63H100F4N5O13P/c1-59(2,3)81-52(75)41-69-30-31-70(42-53(76)82-60(4,5)6)34-35-72(44-55(78)84-62(10,11)12)47(40-71(33-32-69)43-54(77)83-61(7,8)9)38-46-27-25-45(26-28-46)22-21-37-86(79,85-63(13,14)15)36-20-16-19-29-68-50(73)23-17-18-24-51(74)80-58-56(66)48(64)39-49(65)57(58)67/h25-28,39,47H,16-24,29-38,40-44H2,1-15H3,(H,68,73)/t47-,86?/m0/s1. The highest BCUT2D eigenvalue weighted by molar-refractivity contribution is 7.59. The quantitative estimate of drug-likeness (QED) is 0.0168. The molecular weight excluding hydrogens is 1140 g/mol. The van der Waals surface area contributed by atoms with E-state index in [2.05, 4.69) is 15.0 Å². The molecule has 1 N–H and O–H groups in total. The number of carbonyl (C=O) groups is 6. The number of aryl methyl sites for hydroxylation is 1. The molecule has 18 nitrogen and oxygen atoms in total. The maximum absolute atomic E-state index is 14.4. The molecule has 1 aliphatic rings. The normalized spacial score (nSPS) is 16.7. The van der Waals surface area contributed by atoms with Gasteiger partial charge >= 0.3 is 29.8 Å². The molecule has 0 radical (unpaired) electrons. The number of rotatable bonds is 27. The number of nitrogens with zero attached hydrogens (tertiary/aromatic N) is 4. The second kappa shape index (κ2) is 34.1. The highest BCUT2D eigenvalue weighted by Crippen LogP contribution is 2.52. The third-order valence-corrected chi connectivity index (χ3v) is 15.8. The van der Waals surface area contributed by atoms with Crippen molar-refractivity contribution in [1.29, 1.82) is 0 Å². The molecule has 1 heterocycles. The zero-order valence-electron chi connectivity index (χ0n) is 54.0. The Morgan fingerprint density at radius 1 is 0.512 bits per heavy atom. The minimum Gasteiger partial charge on any atom is -0.459 e. The van der Waals surface area contributed by atoms with Gasteiger partial charge in [0.05, 0.1) is 31.8 Å². The van der Waals surface area contributed by atoms with E-state index in [1.165, 1.54) is 0 Å². The summed E-state index contributed by atoms with van der Waals surface area (Å²) in [5, 5.41) is 2.82. The van der Waals surface area contributed by atoms with Gasteiger partial charge in [0.1, 0.15) is 22.4 Å². The Labute approximate surface area is 508 Å². The second-order valence-corrected chi connectivity index (χ2v) is 29.9. The third-order valence-electron chi connectivity index (χ3n) is 12.9. The third kappa shape index (κ3) is 32.3. The van der Waals surface area contributed by atoms with E-state index in [-0.39, 0.29) is 69.9 Å². The Hall–Kier alpha value is -4.99. The first-order chi connectivity index (χ1) is 39.6. The first kappa shape index (κ1) is 75.3. The summed E-state index contributed by atoms with van der Waals surface area (Å²) in [6, 6.07) is 7.80. The van der Waals surface area contributed by atoms with Crippen molar-refractivity contribution >= 4 is 43.1 Å². The largest absolute Gasteiger partial charge is 0.459 e. The van der Waals surface area contributed by atoms with Crippen LogP contribution in [0.1, 0.15) is 166 Å². The molecule has 23 heteroatoms. The second-order valence-electron chi connectivity index (χ2n) is 27.2. The predicted molar refractivity (Wildman–Crippen MR) is 322 cm³/mol. The number of esters is 5. The molecule has 3 rings (SSSR count). The van der Waals surface area contributed by atoms with Crippen LogP contribution in [0.2, 0.25) is 0 Å². The van der Waals surface area contributed by atoms with Crippen LogP contribution in [0.3, 0.4) is 0 Å². The highest BCUT2D eigenvalue weighted by Gasteiger charge is 2.33. The molecule has 2 aromatic carbocycles. The summed E-state index contributed by atoms with van der Waals surface area (Å²) in [4.78, 5) is 86.8. The molecule has 1 aliphatic heterocycles. The number of hydrogen-bond donors (Lipinski definition) is 1. The maximum atomic E-state index is 14.4. The van der Waals surface area contributed by atoms with Gasteiger partial charge in [0.2, 0.25) is 30.7 Å². The van der Waals surface area contributed by atoms with Crippen molar-refractivity contribution in [3.8, 4) is 5.75 Å². The Morgan fingerprint density at radius 3 is 1.43 bits per heavy atom. The number of amides is 1. The molecule has 0 spiro atoms. The van der Waals surface area contributed by atoms with E-state index in [0.717, 1.165) is 11.1 Å². The number of unbranched alkanes of at least 4 members (excludes halogenated alkanes) is 3. The summed E-state index contributed by atoms with van der Waals surface area (Å²) in [7, 11) is -3.10. The van der Waals surface area contributed by atoms with E-state index < -0.39 is 94.2 Å². The van der Waals surface area contributed by atoms with Crippen LogP contribution in [0.15, 0.2) is 30.3 Å². The Morgan fingerprint density at radius 2 is 0.942 bits per heavy atom. The minimum atomic E-state index is -3.10. The van der Waals surface area contributed by atoms with Crippen molar-refractivity contribution < 1.29 is 79.1 Å². The average Bonchev–Trinajstić information content (AvgIpc) is 1.58. The van der Waals surface area contributed by atoms with Gasteiger partial charge in [-0.2, -0.15) is 8.78 Å². The molecule has 0 bridgehead atoms. The molecule has 0 aromatic heterocycles. The summed E-state index contributed by atoms with van der Waals surface area (Å²) in [5.74, 6) is -11.5. The van der Waals surface area contributed by atoms with Crippen LogP contribution in [0.5, 0.6) is 5.75 Å². The van der Waals surface area contributed by atoms with Gasteiger partial charge in [0, 0.05) is 89.6 Å². The predicted octanol–water partition coefficient (Wildman–Crippen LogP) is 10.2. The summed E-state index contributed by atoms with van der Waals surface area (Å²) in [6.07, 6.45) is 4.37. The zero-order chi connectivity index (χ0) is 64.8. The topological polar surface area (TPSA) is 200 Å². The summed E-state index contributed by atoms with van der Waals surface area (Å²) in [5.41, 5.74) is -1.62. The lowest BCUT2D eigenvalue weighted by atomic mass is 10.0. The number of carbonyl (C=O) groups excluding carboxylic acids is 6. The molecule has 0 aliphatic carbocycles. The van der Waals surface area contributed by atoms with Crippen LogP contribution in [-0.2, 0) is 69.6 Å². The van der Waals surface area contributed by atoms with Crippen LogP contribution in [-0.4, -0.2) is 180 Å². The van der Waals surface area contributed by atoms with Crippen LogP contribution >= 0.6 is 7.37 Å². The number of hydrogen-bond acceptors (Lipinski definition) is 17. The smallest absolute Gasteiger partial charge is 0.320 e. The fourth-order valence-electron chi connectivity index (χ4n) is 9.49. The lowest BCUT2D eigenvalue weighted by Gasteiger charge is -2.39. The minimum absolute atomic E-state index is 0.0106. The van der Waals surface area contributed by atoms with E-state index >= 15 is 0 Å². The molecule has 1 fully saturated rings. The number of benzene rings is 2. The van der Waals surface area contributed by atoms with Crippen molar-refractivity contribution in [2.45, 2.75) is 202 Å². The molecule has 488 valence electrons. The number of halogens is 4. The number of nitrogens with one attached hydrogen (secondary N) is 1. The SMILES string of the molecule is CC(C)(C)OC(=O)CN1CCN(CC(=O)OC(C)(C)C)CCN(CC(=O)OC(C)(C)C)[C@@H](Cc2ccc(CCCP(=O)(CCCCCNC(=O)CCCCC(=O)Oc3c(F)c(F)cc(F)c3F)OC(C)(C)C)cc2)CN(CC(=O)OC(C)(C)C)CC1. The van der Waals surface area contributed by atoms with Crippen molar-refractivity contribution in [2.24, 2.45) is 0 Å². The van der Waals surface area contributed by atoms with E-state index in [9.17, 15) is 50.9 Å². The van der Waals surface area contributed by atoms with Crippen LogP contribution in [0.25, 0.3) is 0 Å². The molecule has 2 atom stereocenters. The van der Waals surface area contributed by atoms with Gasteiger partial charge in [-0.25, -0.2) is 8.78 Å². The molecule has 1 unspecified atom stereocenters. The van der Waals surface area contributed by atoms with Crippen LogP contribution in [0, 0.1) is 23.3 Å². The van der Waals surface area contributed by atoms with Gasteiger partial charge < -0.3 is 33.5 Å². The van der Waals surface area contributed by atoms with E-state index in [1.807, 2.05) is 143 Å². The van der Waals surface area contributed by atoms with Gasteiger partial charge in [-0.1, -0.05) is 30.7 Å². The molecule has 1 amide bonds. The molecule has 0 saturated carbocycles. The fraction of sp³-hybridized carbons (Fsp3) is 0.714. The van der Waals surface area contributed by atoms with Crippen molar-refractivity contribution in [3.63, 3.8) is 0 Å². The summed E-state index contributed by atoms with van der Waals surface area (Å²) >= 11 is 0. The molecular formula is C63H100F4N5O13P. The van der Waals surface area contributed by atoms with E-state index in [0.29, 0.717) is 103 Å². The van der Waals surface area contributed by atoms with Crippen molar-refractivity contribution in [1.82, 2.24) is 24.9 Å². The van der Waals surface area contributed by atoms with E-state index in [4.69, 9.17) is 23.5 Å². The van der Waals surface area contributed by atoms with Crippen molar-refractivity contribution in [3.05, 3.63) is 64.7 Å². The summed E-state index contributed by atoms with van der Waals surface area (Å²) < 4.78 is 103. The number of ether oxygens (including phenoxy) is 5. The van der Waals surface area contributed by atoms with Crippen molar-refractivity contribution in [2.75, 3.05) is 90.9 Å². The molecule has 86 heavy (non-hydrogen) atoms. The summed E-state index contributed by atoms with van der Waals surface area (Å²) in [6.45, 7) is 30.0. The first-order valence-corrected chi connectivity index (χ1v) is 32.1. The Balaban J connectivity index is 1.76. The monoisotopic (exact) mass is 1240 g/mol. The van der Waals surface area contributed by atoms with Gasteiger partial charge in [0.15, 0.2) is 11.6 Å². The lowest BCUT2D eigenvalue weighted by Crippen LogP contribution is -2.54. The zero-order valence-corrected chi connectivity index (χ0v) is 54.9. The van der Waals surface area contributed by atoms with Gasteiger partial charge in [-0.05, 0) is 160 Å². The van der Waals surface area contributed by atoms with Gasteiger partial charge in [-0.15, -0.1) is 0 Å². The fourth-order valence-corrected chi connectivity index (χ4v) is 12.2. The lowest BCUT2D eigenvalue weighted by molar-refractivity contribution is -0.160. The maximum Gasteiger partial charge on any atom is 0.320 e. The van der Waals surface area contributed by atoms with E-state index in [1.54, 1.807) is 0 Å². The Kier molecular flexibility index (Phi) is 29.8. The van der Waals surface area contributed by atoms with Gasteiger partial charge in [0.25, 0.3) is 0 Å². The molecule has 2 aromatic rings.